The molecule has 4 nitrogen and oxygen atoms in total. The van der Waals surface area contributed by atoms with E-state index in [2.05, 4.69) is 45.7 Å². The van der Waals surface area contributed by atoms with E-state index in [1.165, 1.54) is 51.4 Å². The number of allylic oxidation sites excluding steroid dienone is 1. The second-order valence-corrected chi connectivity index (χ2v) is 14.6. The lowest BCUT2D eigenvalue weighted by Crippen LogP contribution is -2.51. The maximum atomic E-state index is 12.4. The minimum absolute atomic E-state index is 0.0223. The highest BCUT2D eigenvalue weighted by Gasteiger charge is 2.59. The third kappa shape index (κ3) is 4.78. The molecule has 8 atom stereocenters. The van der Waals surface area contributed by atoms with Crippen LogP contribution >= 0.6 is 0 Å². The van der Waals surface area contributed by atoms with Crippen molar-refractivity contribution in [1.82, 2.24) is 4.98 Å². The Hall–Kier alpha value is -2.10. The first kappa shape index (κ1) is 27.1. The van der Waals surface area contributed by atoms with Gasteiger partial charge in [-0.2, -0.15) is 4.98 Å². The van der Waals surface area contributed by atoms with Gasteiger partial charge in [0.1, 0.15) is 6.10 Å². The Morgan fingerprint density at radius 1 is 1.03 bits per heavy atom. The van der Waals surface area contributed by atoms with Crippen LogP contribution in [0.15, 0.2) is 45.1 Å². The lowest BCUT2D eigenvalue weighted by Gasteiger charge is -2.58. The number of rotatable bonds is 7. The van der Waals surface area contributed by atoms with Gasteiger partial charge in [-0.25, -0.2) is 4.79 Å². The molecule has 6 rings (SSSR count). The Bertz CT molecular complexity index is 1280. The smallest absolute Gasteiger partial charge is 0.397 e. The fourth-order valence-corrected chi connectivity index (χ4v) is 9.94. The van der Waals surface area contributed by atoms with Crippen molar-refractivity contribution in [3.8, 4) is 6.08 Å². The van der Waals surface area contributed by atoms with Crippen molar-refractivity contribution in [2.24, 2.45) is 46.3 Å². The monoisotopic (exact) mass is 531 g/mol. The first-order valence-corrected chi connectivity index (χ1v) is 15.9. The number of aromatic nitrogens is 1. The molecule has 3 fully saturated rings. The van der Waals surface area contributed by atoms with Crippen molar-refractivity contribution in [3.63, 3.8) is 0 Å². The summed E-state index contributed by atoms with van der Waals surface area (Å²) in [5.74, 6) is 5.10. The normalized spacial score (nSPS) is 36.7. The summed E-state index contributed by atoms with van der Waals surface area (Å²) in [4.78, 5) is 16.9. The van der Waals surface area contributed by atoms with Crippen LogP contribution in [-0.4, -0.2) is 11.1 Å². The van der Waals surface area contributed by atoms with E-state index in [1.807, 2.05) is 18.2 Å². The van der Waals surface area contributed by atoms with Crippen molar-refractivity contribution in [2.45, 2.75) is 111 Å². The van der Waals surface area contributed by atoms with Gasteiger partial charge in [0, 0.05) is 6.42 Å². The molecule has 0 N–H and O–H groups in total. The Kier molecular flexibility index (Phi) is 7.21. The summed E-state index contributed by atoms with van der Waals surface area (Å²) in [6, 6.07) is 7.32. The Balaban J connectivity index is 1.15. The molecule has 4 aliphatic rings. The quantitative estimate of drug-likeness (QED) is 0.335. The summed E-state index contributed by atoms with van der Waals surface area (Å²) in [5, 5.41) is 0.505. The van der Waals surface area contributed by atoms with Crippen molar-refractivity contribution in [1.29, 1.82) is 0 Å². The van der Waals surface area contributed by atoms with Crippen LogP contribution in [0.2, 0.25) is 0 Å². The van der Waals surface area contributed by atoms with Gasteiger partial charge in [-0.3, -0.25) is 0 Å². The van der Waals surface area contributed by atoms with Crippen molar-refractivity contribution in [3.05, 3.63) is 46.3 Å². The summed E-state index contributed by atoms with van der Waals surface area (Å²) in [6.07, 6.45) is 16.9. The van der Waals surface area contributed by atoms with Crippen LogP contribution in [0.3, 0.4) is 0 Å². The molecule has 0 amide bonds. The first-order chi connectivity index (χ1) is 18.7. The second kappa shape index (κ2) is 10.4. The number of hydrogen-bond donors (Lipinski definition) is 0. The van der Waals surface area contributed by atoms with E-state index >= 15 is 0 Å². The minimum atomic E-state index is -0.370. The summed E-state index contributed by atoms with van der Waals surface area (Å²) >= 11 is 0. The fourth-order valence-electron chi connectivity index (χ4n) is 9.94. The molecular formula is C35H49NO3. The van der Waals surface area contributed by atoms with Gasteiger partial charge in [0.05, 0.1) is 10.9 Å². The Morgan fingerprint density at radius 2 is 1.85 bits per heavy atom. The Morgan fingerprint density at radius 3 is 2.67 bits per heavy atom. The van der Waals surface area contributed by atoms with E-state index in [-0.39, 0.29) is 23.2 Å². The third-order valence-corrected chi connectivity index (χ3v) is 12.0. The average Bonchev–Trinajstić information content (AvgIpc) is 3.26. The van der Waals surface area contributed by atoms with Crippen LogP contribution in [0, 0.1) is 46.3 Å². The number of benzene rings is 1. The molecule has 39 heavy (non-hydrogen) atoms. The van der Waals surface area contributed by atoms with Gasteiger partial charge < -0.3 is 9.15 Å². The largest absolute Gasteiger partial charge is 0.446 e. The molecular weight excluding hydrogens is 482 g/mol. The van der Waals surface area contributed by atoms with E-state index in [1.54, 1.807) is 11.6 Å². The van der Waals surface area contributed by atoms with E-state index in [0.717, 1.165) is 54.8 Å². The summed E-state index contributed by atoms with van der Waals surface area (Å²) in [5.41, 5.74) is 2.66. The van der Waals surface area contributed by atoms with Crippen LogP contribution < -0.4 is 10.4 Å². The zero-order valence-electron chi connectivity index (χ0n) is 24.9. The second-order valence-electron chi connectivity index (χ2n) is 14.6. The SMILES string of the molecule is CC(C)CCC[C@@H](C)[C@H]1CCC2C3CC=C4CC(Oc5nc6ccccc6c(=O)o5)CC[C@]4(C)C3CC[C@@]21C. The highest BCUT2D eigenvalue weighted by Crippen LogP contribution is 2.67. The predicted molar refractivity (Wildman–Crippen MR) is 158 cm³/mol. The van der Waals surface area contributed by atoms with Gasteiger partial charge in [-0.15, -0.1) is 0 Å². The Labute approximate surface area is 235 Å². The van der Waals surface area contributed by atoms with Crippen molar-refractivity contribution < 1.29 is 9.15 Å². The molecule has 2 aromatic rings. The molecule has 0 radical (unpaired) electrons. The van der Waals surface area contributed by atoms with E-state index < -0.39 is 0 Å². The van der Waals surface area contributed by atoms with Crippen LogP contribution in [0.5, 0.6) is 6.08 Å². The van der Waals surface area contributed by atoms with Gasteiger partial charge in [0.2, 0.25) is 0 Å². The van der Waals surface area contributed by atoms with E-state index in [0.29, 0.717) is 16.3 Å². The molecule has 4 aliphatic carbocycles. The molecule has 212 valence electrons. The molecule has 4 heteroatoms. The first-order valence-electron chi connectivity index (χ1n) is 15.9. The molecule has 4 unspecified atom stereocenters. The minimum Gasteiger partial charge on any atom is -0.446 e. The highest BCUT2D eigenvalue weighted by atomic mass is 16.6. The van der Waals surface area contributed by atoms with Crippen molar-refractivity contribution in [2.75, 3.05) is 0 Å². The number of nitrogens with zero attached hydrogens (tertiary/aromatic N) is 1. The molecule has 1 heterocycles. The summed E-state index contributed by atoms with van der Waals surface area (Å²) in [7, 11) is 0. The molecule has 0 aliphatic heterocycles. The van der Waals surface area contributed by atoms with Gasteiger partial charge in [0.15, 0.2) is 0 Å². The zero-order valence-corrected chi connectivity index (χ0v) is 24.9. The topological polar surface area (TPSA) is 52.3 Å². The molecule has 0 spiro atoms. The lowest BCUT2D eigenvalue weighted by molar-refractivity contribution is -0.0571. The van der Waals surface area contributed by atoms with E-state index in [9.17, 15) is 4.79 Å². The molecule has 0 saturated heterocycles. The lowest BCUT2D eigenvalue weighted by atomic mass is 9.47. The van der Waals surface area contributed by atoms with Crippen LogP contribution in [0.1, 0.15) is 105 Å². The molecule has 3 saturated carbocycles. The van der Waals surface area contributed by atoms with Gasteiger partial charge in [-0.05, 0) is 103 Å². The highest BCUT2D eigenvalue weighted by molar-refractivity contribution is 5.76. The molecule has 1 aromatic heterocycles. The number of para-hydroxylation sites is 1. The summed E-state index contributed by atoms with van der Waals surface area (Å²) < 4.78 is 11.7. The number of hydrogen-bond acceptors (Lipinski definition) is 4. The van der Waals surface area contributed by atoms with Crippen LogP contribution in [0.25, 0.3) is 10.9 Å². The maximum absolute atomic E-state index is 12.4. The van der Waals surface area contributed by atoms with Gasteiger partial charge >= 0.3 is 11.7 Å². The molecule has 1 aromatic carbocycles. The average molecular weight is 532 g/mol. The third-order valence-electron chi connectivity index (χ3n) is 12.0. The zero-order chi connectivity index (χ0) is 27.4. The standard InChI is InChI=1S/C35H49NO3/c1-22(2)9-8-10-23(3)28-15-16-29-26-14-13-24-21-25(17-19-34(24,4)30(26)18-20-35(28,29)5)38-33-36-31-12-7-6-11-27(31)32(37)39-33/h6-7,11-13,22-23,25-26,28-30H,8-10,14-21H2,1-5H3/t23-,25?,26?,28-,29?,30?,34+,35-/m1/s1. The van der Waals surface area contributed by atoms with Gasteiger partial charge in [0.25, 0.3) is 0 Å². The van der Waals surface area contributed by atoms with E-state index in [4.69, 9.17) is 9.15 Å². The number of ether oxygens (including phenoxy) is 1. The maximum Gasteiger partial charge on any atom is 0.397 e. The van der Waals surface area contributed by atoms with Crippen LogP contribution in [0.4, 0.5) is 0 Å². The predicted octanol–water partition coefficient (Wildman–Crippen LogP) is 8.98. The van der Waals surface area contributed by atoms with Gasteiger partial charge in [-0.1, -0.05) is 77.7 Å². The number of fused-ring (bicyclic) bond motifs is 6. The molecule has 0 bridgehead atoms. The van der Waals surface area contributed by atoms with Crippen LogP contribution in [-0.2, 0) is 0 Å². The fraction of sp³-hybridized carbons (Fsp3) is 0.714. The summed E-state index contributed by atoms with van der Waals surface area (Å²) in [6.45, 7) is 12.5. The van der Waals surface area contributed by atoms with Crippen molar-refractivity contribution >= 4 is 10.9 Å².